The first-order chi connectivity index (χ1) is 10.5. The van der Waals surface area contributed by atoms with Gasteiger partial charge in [0.25, 0.3) is 0 Å². The van der Waals surface area contributed by atoms with Crippen LogP contribution in [0.15, 0.2) is 24.3 Å². The van der Waals surface area contributed by atoms with Crippen LogP contribution < -0.4 is 5.32 Å². The van der Waals surface area contributed by atoms with Gasteiger partial charge in [-0.3, -0.25) is 4.79 Å². The summed E-state index contributed by atoms with van der Waals surface area (Å²) in [6.45, 7) is 8.68. The minimum Gasteiger partial charge on any atom is -0.333 e. The van der Waals surface area contributed by atoms with E-state index in [4.69, 9.17) is 0 Å². The summed E-state index contributed by atoms with van der Waals surface area (Å²) in [4.78, 5) is 14.6. The molecule has 130 valence electrons. The Kier molecular flexibility index (Phi) is 8.00. The highest BCUT2D eigenvalue weighted by Crippen LogP contribution is 2.25. The molecule has 5 heteroatoms. The monoisotopic (exact) mass is 342 g/mol. The number of carbonyl (C=O) groups is 1. The molecule has 1 aromatic rings. The lowest BCUT2D eigenvalue weighted by atomic mass is 9.94. The van der Waals surface area contributed by atoms with Crippen LogP contribution in [-0.4, -0.2) is 30.4 Å². The number of hydrogen-bond donors (Lipinski definition) is 1. The van der Waals surface area contributed by atoms with Crippen molar-refractivity contribution in [3.8, 4) is 0 Å². The molecule has 0 radical (unpaired) electrons. The van der Waals surface area contributed by atoms with Crippen LogP contribution in [0.5, 0.6) is 0 Å². The van der Waals surface area contributed by atoms with E-state index in [1.807, 2.05) is 11.0 Å². The fourth-order valence-corrected chi connectivity index (χ4v) is 3.32. The van der Waals surface area contributed by atoms with E-state index in [2.05, 4.69) is 26.1 Å². The Morgan fingerprint density at radius 3 is 2.78 bits per heavy atom. The van der Waals surface area contributed by atoms with Gasteiger partial charge in [0.1, 0.15) is 5.82 Å². The molecule has 1 N–H and O–H groups in total. The molecule has 0 aromatic heterocycles. The molecule has 1 aromatic carbocycles. The Bertz CT molecular complexity index is 510. The summed E-state index contributed by atoms with van der Waals surface area (Å²) in [6, 6.07) is 6.52. The van der Waals surface area contributed by atoms with Gasteiger partial charge >= 0.3 is 0 Å². The van der Waals surface area contributed by atoms with Crippen LogP contribution in [0, 0.1) is 17.7 Å². The molecule has 1 amide bonds. The fraction of sp³-hybridized carbons (Fsp3) is 0.611. The van der Waals surface area contributed by atoms with Crippen LogP contribution in [0.2, 0.25) is 0 Å². The molecule has 0 aliphatic carbocycles. The second-order valence-corrected chi connectivity index (χ2v) is 6.80. The normalized spacial score (nSPS) is 19.3. The van der Waals surface area contributed by atoms with E-state index in [-0.39, 0.29) is 30.2 Å². The number of benzene rings is 1. The quantitative estimate of drug-likeness (QED) is 0.882. The molecule has 2 unspecified atom stereocenters. The predicted molar refractivity (Wildman–Crippen MR) is 94.2 cm³/mol. The minimum atomic E-state index is -0.247. The summed E-state index contributed by atoms with van der Waals surface area (Å²) in [5.74, 6) is 0.924. The predicted octanol–water partition coefficient (Wildman–Crippen LogP) is 3.79. The number of nitrogens with one attached hydrogen (secondary N) is 1. The van der Waals surface area contributed by atoms with Crippen molar-refractivity contribution in [2.75, 3.05) is 19.6 Å². The van der Waals surface area contributed by atoms with Gasteiger partial charge in [0.05, 0.1) is 6.04 Å². The third kappa shape index (κ3) is 5.78. The molecular formula is C18H28ClFN2O. The van der Waals surface area contributed by atoms with Crippen LogP contribution >= 0.6 is 12.4 Å². The van der Waals surface area contributed by atoms with Crippen molar-refractivity contribution in [3.63, 3.8) is 0 Å². The minimum absolute atomic E-state index is 0. The highest BCUT2D eigenvalue weighted by molar-refractivity contribution is 5.85. The smallest absolute Gasteiger partial charge is 0.223 e. The van der Waals surface area contributed by atoms with Crippen molar-refractivity contribution in [2.24, 2.45) is 11.8 Å². The fourth-order valence-electron chi connectivity index (χ4n) is 3.32. The van der Waals surface area contributed by atoms with E-state index in [9.17, 15) is 9.18 Å². The topological polar surface area (TPSA) is 32.3 Å². The summed E-state index contributed by atoms with van der Waals surface area (Å²) < 4.78 is 13.5. The molecule has 2 rings (SSSR count). The molecule has 1 heterocycles. The number of halogens is 2. The molecule has 2 atom stereocenters. The Morgan fingerprint density at radius 2 is 2.13 bits per heavy atom. The van der Waals surface area contributed by atoms with Crippen LogP contribution in [0.4, 0.5) is 4.39 Å². The van der Waals surface area contributed by atoms with E-state index < -0.39 is 0 Å². The lowest BCUT2D eigenvalue weighted by molar-refractivity contribution is -0.135. The van der Waals surface area contributed by atoms with E-state index in [1.54, 1.807) is 6.07 Å². The van der Waals surface area contributed by atoms with E-state index >= 15 is 0 Å². The van der Waals surface area contributed by atoms with E-state index in [0.29, 0.717) is 31.3 Å². The Morgan fingerprint density at radius 1 is 1.39 bits per heavy atom. The van der Waals surface area contributed by atoms with Crippen molar-refractivity contribution in [1.82, 2.24) is 10.2 Å². The van der Waals surface area contributed by atoms with Crippen molar-refractivity contribution >= 4 is 18.3 Å². The zero-order chi connectivity index (χ0) is 16.1. The van der Waals surface area contributed by atoms with E-state index in [1.165, 1.54) is 12.1 Å². The van der Waals surface area contributed by atoms with Crippen molar-refractivity contribution in [1.29, 1.82) is 0 Å². The molecule has 1 saturated heterocycles. The standard InChI is InChI=1S/C18H27FN2O.ClH/c1-13(2)9-14(3)10-18(22)21-8-7-20-12-17(21)15-5-4-6-16(19)11-15;/h4-6,11,13-14,17,20H,7-10,12H2,1-3H3;1H. The summed E-state index contributed by atoms with van der Waals surface area (Å²) in [7, 11) is 0. The molecule has 1 fully saturated rings. The maximum Gasteiger partial charge on any atom is 0.223 e. The van der Waals surface area contributed by atoms with Crippen molar-refractivity contribution in [2.45, 2.75) is 39.7 Å². The first-order valence-corrected chi connectivity index (χ1v) is 8.23. The number of amides is 1. The lowest BCUT2D eigenvalue weighted by Crippen LogP contribution is -2.49. The Labute approximate surface area is 145 Å². The Hall–Kier alpha value is -1.13. The van der Waals surface area contributed by atoms with Gasteiger partial charge in [-0.05, 0) is 36.0 Å². The molecule has 1 aliphatic heterocycles. The number of rotatable bonds is 5. The highest BCUT2D eigenvalue weighted by atomic mass is 35.5. The molecule has 3 nitrogen and oxygen atoms in total. The van der Waals surface area contributed by atoms with Gasteiger partial charge in [0.15, 0.2) is 0 Å². The number of carbonyl (C=O) groups excluding carboxylic acids is 1. The average Bonchev–Trinajstić information content (AvgIpc) is 2.46. The Balaban J connectivity index is 0.00000264. The molecule has 0 spiro atoms. The summed E-state index contributed by atoms with van der Waals surface area (Å²) in [6.07, 6.45) is 1.63. The van der Waals surface area contributed by atoms with Crippen LogP contribution in [0.3, 0.4) is 0 Å². The van der Waals surface area contributed by atoms with Gasteiger partial charge in [0.2, 0.25) is 5.91 Å². The zero-order valence-electron chi connectivity index (χ0n) is 14.2. The lowest BCUT2D eigenvalue weighted by Gasteiger charge is -2.37. The first-order valence-electron chi connectivity index (χ1n) is 8.23. The summed E-state index contributed by atoms with van der Waals surface area (Å²) >= 11 is 0. The SMILES string of the molecule is CC(C)CC(C)CC(=O)N1CCNCC1c1cccc(F)c1.Cl. The van der Waals surface area contributed by atoms with Crippen molar-refractivity contribution < 1.29 is 9.18 Å². The molecule has 0 bridgehead atoms. The van der Waals surface area contributed by atoms with Crippen LogP contribution in [0.25, 0.3) is 0 Å². The summed E-state index contributed by atoms with van der Waals surface area (Å²) in [5.41, 5.74) is 0.872. The second kappa shape index (κ2) is 9.24. The maximum absolute atomic E-state index is 13.5. The molecule has 0 saturated carbocycles. The number of nitrogens with zero attached hydrogens (tertiary/aromatic N) is 1. The third-order valence-electron chi connectivity index (χ3n) is 4.19. The van der Waals surface area contributed by atoms with Gasteiger partial charge in [-0.2, -0.15) is 0 Å². The first kappa shape index (κ1) is 19.9. The van der Waals surface area contributed by atoms with Crippen LogP contribution in [-0.2, 0) is 4.79 Å². The molecule has 1 aliphatic rings. The molecular weight excluding hydrogens is 315 g/mol. The average molecular weight is 343 g/mol. The van der Waals surface area contributed by atoms with Gasteiger partial charge in [-0.15, -0.1) is 12.4 Å². The highest BCUT2D eigenvalue weighted by Gasteiger charge is 2.28. The molecule has 23 heavy (non-hydrogen) atoms. The van der Waals surface area contributed by atoms with Gasteiger partial charge in [-0.1, -0.05) is 32.9 Å². The summed E-state index contributed by atoms with van der Waals surface area (Å²) in [5, 5.41) is 3.31. The third-order valence-corrected chi connectivity index (χ3v) is 4.19. The second-order valence-electron chi connectivity index (χ2n) is 6.80. The van der Waals surface area contributed by atoms with Crippen molar-refractivity contribution in [3.05, 3.63) is 35.6 Å². The van der Waals surface area contributed by atoms with E-state index in [0.717, 1.165) is 18.5 Å². The largest absolute Gasteiger partial charge is 0.333 e. The number of piperazine rings is 1. The number of hydrogen-bond acceptors (Lipinski definition) is 2. The van der Waals surface area contributed by atoms with Crippen LogP contribution in [0.1, 0.15) is 45.2 Å². The maximum atomic E-state index is 13.5. The zero-order valence-corrected chi connectivity index (χ0v) is 15.0. The van der Waals surface area contributed by atoms with Gasteiger partial charge in [-0.25, -0.2) is 4.39 Å². The van der Waals surface area contributed by atoms with Gasteiger partial charge in [0, 0.05) is 26.1 Å². The van der Waals surface area contributed by atoms with Gasteiger partial charge < -0.3 is 10.2 Å².